The minimum absolute atomic E-state index is 0.316. The smallest absolute Gasteiger partial charge is 0.306 e. The quantitative estimate of drug-likeness (QED) is 0.820. The first-order chi connectivity index (χ1) is 5.92. The summed E-state index contributed by atoms with van der Waals surface area (Å²) >= 11 is 6.85. The molecule has 0 radical (unpaired) electrons. The van der Waals surface area contributed by atoms with E-state index in [1.54, 1.807) is 12.1 Å². The molecule has 13 heavy (non-hydrogen) atoms. The van der Waals surface area contributed by atoms with Crippen LogP contribution in [0.15, 0.2) is 12.1 Å². The van der Waals surface area contributed by atoms with E-state index in [1.807, 2.05) is 0 Å². The second-order valence-electron chi connectivity index (χ2n) is 2.95. The molecule has 1 atom stereocenters. The molecule has 3 nitrogen and oxygen atoms in total. The van der Waals surface area contributed by atoms with Crippen LogP contribution in [0.5, 0.6) is 0 Å². The highest BCUT2D eigenvalue weighted by Gasteiger charge is 2.27. The molecule has 0 aromatic carbocycles. The van der Waals surface area contributed by atoms with Crippen molar-refractivity contribution in [3.63, 3.8) is 0 Å². The van der Waals surface area contributed by atoms with Gasteiger partial charge in [-0.2, -0.15) is 0 Å². The third kappa shape index (κ3) is 2.69. The van der Waals surface area contributed by atoms with E-state index in [0.717, 1.165) is 0 Å². The van der Waals surface area contributed by atoms with Crippen LogP contribution in [0.2, 0.25) is 4.34 Å². The molecule has 1 unspecified atom stereocenters. The highest BCUT2D eigenvalue weighted by molar-refractivity contribution is 7.16. The molecular formula is C8H9ClO3S. The van der Waals surface area contributed by atoms with Crippen molar-refractivity contribution in [3.8, 4) is 0 Å². The van der Waals surface area contributed by atoms with Crippen molar-refractivity contribution in [2.45, 2.75) is 18.9 Å². The molecule has 1 rings (SSSR count). The Kier molecular flexibility index (Phi) is 2.95. The molecular weight excluding hydrogens is 212 g/mol. The molecule has 0 aliphatic heterocycles. The van der Waals surface area contributed by atoms with Crippen LogP contribution in [0.3, 0.4) is 0 Å². The van der Waals surface area contributed by atoms with E-state index in [1.165, 1.54) is 18.3 Å². The predicted octanol–water partition coefficient (Wildman–Crippen LogP) is 2.08. The number of carboxylic acids is 1. The fraction of sp³-hybridized carbons (Fsp3) is 0.375. The highest BCUT2D eigenvalue weighted by Crippen LogP contribution is 2.32. The van der Waals surface area contributed by atoms with Crippen molar-refractivity contribution in [2.75, 3.05) is 0 Å². The van der Waals surface area contributed by atoms with Gasteiger partial charge in [-0.1, -0.05) is 11.6 Å². The van der Waals surface area contributed by atoms with Crippen molar-refractivity contribution < 1.29 is 15.0 Å². The Hall–Kier alpha value is -0.580. The zero-order chi connectivity index (χ0) is 10.1. The lowest BCUT2D eigenvalue weighted by atomic mass is 10.0. The molecule has 0 aliphatic rings. The van der Waals surface area contributed by atoms with Crippen LogP contribution in [0.4, 0.5) is 0 Å². The van der Waals surface area contributed by atoms with Crippen LogP contribution in [0.25, 0.3) is 0 Å². The maximum absolute atomic E-state index is 10.4. The van der Waals surface area contributed by atoms with Gasteiger partial charge in [0.2, 0.25) is 0 Å². The lowest BCUT2D eigenvalue weighted by Crippen LogP contribution is -2.23. The summed E-state index contributed by atoms with van der Waals surface area (Å²) in [5.41, 5.74) is -1.33. The zero-order valence-electron chi connectivity index (χ0n) is 6.95. The van der Waals surface area contributed by atoms with Gasteiger partial charge in [-0.3, -0.25) is 4.79 Å². The molecule has 2 N–H and O–H groups in total. The first-order valence-electron chi connectivity index (χ1n) is 3.62. The Labute approximate surface area is 84.6 Å². The Morgan fingerprint density at radius 2 is 2.31 bits per heavy atom. The average Bonchev–Trinajstić information content (AvgIpc) is 2.32. The molecule has 0 amide bonds. The summed E-state index contributed by atoms with van der Waals surface area (Å²) in [6, 6.07) is 3.27. The molecule has 1 aromatic heterocycles. The normalized spacial score (nSPS) is 15.3. The average molecular weight is 221 g/mol. The number of hydrogen-bond donors (Lipinski definition) is 2. The molecule has 0 bridgehead atoms. The topological polar surface area (TPSA) is 57.5 Å². The van der Waals surface area contributed by atoms with Crippen LogP contribution >= 0.6 is 22.9 Å². The summed E-state index contributed by atoms with van der Waals surface area (Å²) in [7, 11) is 0. The summed E-state index contributed by atoms with van der Waals surface area (Å²) in [5.74, 6) is -1.03. The zero-order valence-corrected chi connectivity index (χ0v) is 8.52. The number of thiophene rings is 1. The van der Waals surface area contributed by atoms with Crippen molar-refractivity contribution >= 4 is 28.9 Å². The Bertz CT molecular complexity index is 319. The number of aliphatic carboxylic acids is 1. The van der Waals surface area contributed by atoms with Gasteiger partial charge < -0.3 is 10.2 Å². The standard InChI is InChI=1S/C8H9ClO3S/c1-8(12,4-7(10)11)5-2-3-6(9)13-5/h2-3,12H,4H2,1H3,(H,10,11). The molecule has 5 heteroatoms. The SMILES string of the molecule is CC(O)(CC(=O)O)c1ccc(Cl)s1. The van der Waals surface area contributed by atoms with Gasteiger partial charge in [0.1, 0.15) is 5.60 Å². The van der Waals surface area contributed by atoms with Crippen molar-refractivity contribution in [1.82, 2.24) is 0 Å². The monoisotopic (exact) mass is 220 g/mol. The third-order valence-electron chi connectivity index (χ3n) is 1.60. The van der Waals surface area contributed by atoms with Gasteiger partial charge in [0.05, 0.1) is 10.8 Å². The lowest BCUT2D eigenvalue weighted by molar-refractivity contribution is -0.142. The second-order valence-corrected chi connectivity index (χ2v) is 4.66. The van der Waals surface area contributed by atoms with E-state index in [0.29, 0.717) is 9.21 Å². The van der Waals surface area contributed by atoms with Crippen LogP contribution < -0.4 is 0 Å². The molecule has 1 aromatic rings. The van der Waals surface area contributed by atoms with Gasteiger partial charge in [-0.25, -0.2) is 0 Å². The summed E-state index contributed by atoms with van der Waals surface area (Å²) < 4.78 is 0.542. The highest BCUT2D eigenvalue weighted by atomic mass is 35.5. The summed E-state index contributed by atoms with van der Waals surface area (Å²) in [4.78, 5) is 11.0. The minimum Gasteiger partial charge on any atom is -0.481 e. The second kappa shape index (κ2) is 3.65. The van der Waals surface area contributed by atoms with Crippen molar-refractivity contribution in [3.05, 3.63) is 21.3 Å². The summed E-state index contributed by atoms with van der Waals surface area (Å²) in [6.07, 6.45) is -0.316. The first-order valence-corrected chi connectivity index (χ1v) is 4.81. The van der Waals surface area contributed by atoms with Crippen LogP contribution in [-0.2, 0) is 10.4 Å². The number of halogens is 1. The molecule has 0 saturated heterocycles. The van der Waals surface area contributed by atoms with Gasteiger partial charge in [0.15, 0.2) is 0 Å². The van der Waals surface area contributed by atoms with Crippen LogP contribution in [0, 0.1) is 0 Å². The van der Waals surface area contributed by atoms with Gasteiger partial charge >= 0.3 is 5.97 Å². The number of carbonyl (C=O) groups is 1. The molecule has 0 aliphatic carbocycles. The number of hydrogen-bond acceptors (Lipinski definition) is 3. The van der Waals surface area contributed by atoms with E-state index >= 15 is 0 Å². The van der Waals surface area contributed by atoms with Crippen molar-refractivity contribution in [2.24, 2.45) is 0 Å². The molecule has 0 spiro atoms. The lowest BCUT2D eigenvalue weighted by Gasteiger charge is -2.18. The van der Waals surface area contributed by atoms with E-state index in [9.17, 15) is 9.90 Å². The predicted molar refractivity (Wildman–Crippen MR) is 51.2 cm³/mol. The Balaban J connectivity index is 2.86. The minimum atomic E-state index is -1.33. The van der Waals surface area contributed by atoms with E-state index in [4.69, 9.17) is 16.7 Å². The Morgan fingerprint density at radius 1 is 1.69 bits per heavy atom. The fourth-order valence-corrected chi connectivity index (χ4v) is 2.07. The number of rotatable bonds is 3. The maximum Gasteiger partial charge on any atom is 0.306 e. The van der Waals surface area contributed by atoms with Crippen LogP contribution in [-0.4, -0.2) is 16.2 Å². The van der Waals surface area contributed by atoms with E-state index in [2.05, 4.69) is 0 Å². The maximum atomic E-state index is 10.4. The van der Waals surface area contributed by atoms with Gasteiger partial charge in [0.25, 0.3) is 0 Å². The molecule has 0 saturated carbocycles. The fourth-order valence-electron chi connectivity index (χ4n) is 0.985. The van der Waals surface area contributed by atoms with E-state index in [-0.39, 0.29) is 6.42 Å². The molecule has 1 heterocycles. The Morgan fingerprint density at radius 3 is 2.69 bits per heavy atom. The summed E-state index contributed by atoms with van der Waals surface area (Å²) in [6.45, 7) is 1.46. The van der Waals surface area contributed by atoms with Gasteiger partial charge in [-0.15, -0.1) is 11.3 Å². The van der Waals surface area contributed by atoms with Crippen molar-refractivity contribution in [1.29, 1.82) is 0 Å². The van der Waals surface area contributed by atoms with Crippen LogP contribution in [0.1, 0.15) is 18.2 Å². The summed E-state index contributed by atoms with van der Waals surface area (Å²) in [5, 5.41) is 18.3. The first kappa shape index (κ1) is 10.5. The van der Waals surface area contributed by atoms with Gasteiger partial charge in [0, 0.05) is 4.88 Å². The molecule has 0 fully saturated rings. The number of carboxylic acid groups (broad SMARTS) is 1. The largest absolute Gasteiger partial charge is 0.481 e. The third-order valence-corrected chi connectivity index (χ3v) is 3.08. The molecule has 72 valence electrons. The van der Waals surface area contributed by atoms with E-state index < -0.39 is 11.6 Å². The number of aliphatic hydroxyl groups is 1. The van der Waals surface area contributed by atoms with Gasteiger partial charge in [-0.05, 0) is 19.1 Å².